The molecule has 0 aliphatic carbocycles. The van der Waals surface area contributed by atoms with Crippen LogP contribution in [-0.2, 0) is 15.7 Å². The minimum Gasteiger partial charge on any atom is -0.465 e. The molecule has 0 amide bonds. The largest absolute Gasteiger partial charge is 0.465 e. The molecule has 0 fully saturated rings. The zero-order chi connectivity index (χ0) is 17.0. The summed E-state index contributed by atoms with van der Waals surface area (Å²) in [6, 6.07) is 4.31. The molecule has 0 saturated heterocycles. The number of hydrogen-bond acceptors (Lipinski definition) is 6. The second-order valence-electron chi connectivity index (χ2n) is 4.41. The smallest absolute Gasteiger partial charge is 0.433 e. The van der Waals surface area contributed by atoms with Crippen LogP contribution in [0.15, 0.2) is 28.7 Å². The van der Waals surface area contributed by atoms with Crippen LogP contribution < -0.4 is 0 Å². The fourth-order valence-corrected chi connectivity index (χ4v) is 3.11. The van der Waals surface area contributed by atoms with Gasteiger partial charge in [0.15, 0.2) is 5.16 Å². The van der Waals surface area contributed by atoms with Crippen LogP contribution in [0.5, 0.6) is 0 Å². The van der Waals surface area contributed by atoms with E-state index in [2.05, 4.69) is 9.97 Å². The van der Waals surface area contributed by atoms with E-state index in [4.69, 9.17) is 4.74 Å². The topological polar surface area (TPSA) is 52.1 Å². The molecule has 0 radical (unpaired) electrons. The van der Waals surface area contributed by atoms with Crippen molar-refractivity contribution in [2.24, 2.45) is 0 Å². The number of esters is 1. The molecule has 2 heterocycles. The molecule has 2 aromatic rings. The van der Waals surface area contributed by atoms with Gasteiger partial charge >= 0.3 is 12.1 Å². The maximum absolute atomic E-state index is 13.0. The average molecular weight is 362 g/mol. The Balaban J connectivity index is 2.35. The molecule has 0 aliphatic heterocycles. The number of nitrogens with zero attached hydrogens (tertiary/aromatic N) is 2. The van der Waals surface area contributed by atoms with E-state index in [0.29, 0.717) is 4.88 Å². The molecule has 0 spiro atoms. The predicted octanol–water partition coefficient (Wildman–Crippen LogP) is 4.27. The Morgan fingerprint density at radius 3 is 2.74 bits per heavy atom. The van der Waals surface area contributed by atoms with Gasteiger partial charge in [-0.1, -0.05) is 17.8 Å². The van der Waals surface area contributed by atoms with Crippen molar-refractivity contribution in [3.63, 3.8) is 0 Å². The second kappa shape index (κ2) is 7.31. The van der Waals surface area contributed by atoms with Crippen molar-refractivity contribution in [2.45, 2.75) is 30.4 Å². The van der Waals surface area contributed by atoms with Crippen molar-refractivity contribution in [3.8, 4) is 10.6 Å². The highest BCUT2D eigenvalue weighted by atomic mass is 32.2. The van der Waals surface area contributed by atoms with Gasteiger partial charge in [0, 0.05) is 0 Å². The summed E-state index contributed by atoms with van der Waals surface area (Å²) in [7, 11) is 0. The fourth-order valence-electron chi connectivity index (χ4n) is 1.64. The van der Waals surface area contributed by atoms with Gasteiger partial charge in [0.25, 0.3) is 0 Å². The van der Waals surface area contributed by atoms with Crippen molar-refractivity contribution < 1.29 is 22.7 Å². The number of thiophene rings is 1. The van der Waals surface area contributed by atoms with Crippen molar-refractivity contribution >= 4 is 29.1 Å². The minimum atomic E-state index is -4.59. The monoisotopic (exact) mass is 362 g/mol. The van der Waals surface area contributed by atoms with Crippen molar-refractivity contribution in [1.82, 2.24) is 9.97 Å². The lowest BCUT2D eigenvalue weighted by molar-refractivity contribution is -0.142. The van der Waals surface area contributed by atoms with Gasteiger partial charge in [-0.05, 0) is 31.4 Å². The first kappa shape index (κ1) is 17.7. The molecule has 0 N–H and O–H groups in total. The number of halogens is 3. The molecule has 2 aromatic heterocycles. The number of ether oxygens (including phenoxy) is 1. The quantitative estimate of drug-likeness (QED) is 0.452. The maximum atomic E-state index is 13.0. The summed E-state index contributed by atoms with van der Waals surface area (Å²) in [5, 5.41) is 0.942. The highest BCUT2D eigenvalue weighted by molar-refractivity contribution is 8.00. The van der Waals surface area contributed by atoms with Gasteiger partial charge in [0.2, 0.25) is 0 Å². The molecular weight excluding hydrogens is 349 g/mol. The van der Waals surface area contributed by atoms with Gasteiger partial charge in [0.1, 0.15) is 10.9 Å². The van der Waals surface area contributed by atoms with Crippen molar-refractivity contribution in [2.75, 3.05) is 6.61 Å². The first-order valence-corrected chi connectivity index (χ1v) is 8.40. The molecule has 124 valence electrons. The zero-order valence-electron chi connectivity index (χ0n) is 12.3. The lowest BCUT2D eigenvalue weighted by atomic mass is 10.3. The summed E-state index contributed by atoms with van der Waals surface area (Å²) >= 11 is 2.12. The Labute approximate surface area is 139 Å². The Morgan fingerprint density at radius 2 is 2.17 bits per heavy atom. The Morgan fingerprint density at radius 1 is 1.43 bits per heavy atom. The molecule has 0 saturated carbocycles. The van der Waals surface area contributed by atoms with Crippen LogP contribution in [0.2, 0.25) is 0 Å². The highest BCUT2D eigenvalue weighted by Crippen LogP contribution is 2.34. The molecule has 9 heteroatoms. The number of alkyl halides is 3. The van der Waals surface area contributed by atoms with Crippen molar-refractivity contribution in [1.29, 1.82) is 0 Å². The number of carbonyl (C=O) groups excluding carboxylic acids is 1. The Hall–Kier alpha value is -1.61. The normalized spacial score (nSPS) is 12.9. The molecule has 0 aromatic carbocycles. The lowest BCUT2D eigenvalue weighted by Gasteiger charge is -2.12. The van der Waals surface area contributed by atoms with E-state index in [9.17, 15) is 18.0 Å². The molecule has 0 aliphatic rings. The van der Waals surface area contributed by atoms with Gasteiger partial charge < -0.3 is 4.74 Å². The van der Waals surface area contributed by atoms with Gasteiger partial charge in [0.05, 0.1) is 17.2 Å². The molecular formula is C14H13F3N2O2S2. The Bertz CT molecular complexity index is 675. The van der Waals surface area contributed by atoms with Gasteiger partial charge in [-0.2, -0.15) is 13.2 Å². The van der Waals surface area contributed by atoms with Crippen LogP contribution >= 0.6 is 23.1 Å². The summed E-state index contributed by atoms with van der Waals surface area (Å²) in [5.41, 5.74) is -0.852. The summed E-state index contributed by atoms with van der Waals surface area (Å²) in [6.45, 7) is 3.40. The third-order valence-electron chi connectivity index (χ3n) is 2.67. The standard InChI is InChI=1S/C14H13F3N2O2S2/c1-3-21-12(20)8(2)23-13-18-9(10-5-4-6-22-10)7-11(19-13)14(15,16)17/h4-8H,3H2,1-2H3/t8-/m0/s1. The summed E-state index contributed by atoms with van der Waals surface area (Å²) in [4.78, 5) is 19.9. The molecule has 0 unspecified atom stereocenters. The summed E-state index contributed by atoms with van der Waals surface area (Å²) < 4.78 is 43.9. The SMILES string of the molecule is CCOC(=O)[C@H](C)Sc1nc(-c2cccs2)cc(C(F)(F)F)n1. The van der Waals surface area contributed by atoms with E-state index in [1.165, 1.54) is 18.3 Å². The first-order valence-electron chi connectivity index (χ1n) is 6.64. The third kappa shape index (κ3) is 4.68. The zero-order valence-corrected chi connectivity index (χ0v) is 13.9. The number of hydrogen-bond donors (Lipinski definition) is 0. The minimum absolute atomic E-state index is 0.108. The van der Waals surface area contributed by atoms with Crippen LogP contribution in [0.25, 0.3) is 10.6 Å². The van der Waals surface area contributed by atoms with Crippen LogP contribution in [0, 0.1) is 0 Å². The molecule has 4 nitrogen and oxygen atoms in total. The van der Waals surface area contributed by atoms with Crippen LogP contribution in [-0.4, -0.2) is 27.8 Å². The third-order valence-corrected chi connectivity index (χ3v) is 4.50. The van der Waals surface area contributed by atoms with Crippen LogP contribution in [0.4, 0.5) is 13.2 Å². The van der Waals surface area contributed by atoms with Gasteiger partial charge in [-0.15, -0.1) is 11.3 Å². The summed E-state index contributed by atoms with van der Waals surface area (Å²) in [5.74, 6) is -0.517. The van der Waals surface area contributed by atoms with E-state index in [0.717, 1.165) is 17.8 Å². The molecule has 23 heavy (non-hydrogen) atoms. The van der Waals surface area contributed by atoms with Crippen molar-refractivity contribution in [3.05, 3.63) is 29.3 Å². The number of thioether (sulfide) groups is 1. The second-order valence-corrected chi connectivity index (χ2v) is 6.66. The predicted molar refractivity (Wildman–Crippen MR) is 82.3 cm³/mol. The molecule has 1 atom stereocenters. The number of rotatable bonds is 5. The van der Waals surface area contributed by atoms with E-state index in [1.807, 2.05) is 0 Å². The van der Waals surface area contributed by atoms with E-state index < -0.39 is 23.1 Å². The Kier molecular flexibility index (Phi) is 5.64. The van der Waals surface area contributed by atoms with Gasteiger partial charge in [-0.25, -0.2) is 9.97 Å². The summed E-state index contributed by atoms with van der Waals surface area (Å²) in [6.07, 6.45) is -4.59. The maximum Gasteiger partial charge on any atom is 0.433 e. The number of aromatic nitrogens is 2. The highest BCUT2D eigenvalue weighted by Gasteiger charge is 2.34. The lowest BCUT2D eigenvalue weighted by Crippen LogP contribution is -2.18. The molecule has 0 bridgehead atoms. The number of carbonyl (C=O) groups is 1. The van der Waals surface area contributed by atoms with Crippen LogP contribution in [0.3, 0.4) is 0 Å². The van der Waals surface area contributed by atoms with E-state index in [-0.39, 0.29) is 17.5 Å². The van der Waals surface area contributed by atoms with Crippen LogP contribution in [0.1, 0.15) is 19.5 Å². The van der Waals surface area contributed by atoms with E-state index >= 15 is 0 Å². The average Bonchev–Trinajstić information content (AvgIpc) is 3.00. The first-order chi connectivity index (χ1) is 10.8. The fraction of sp³-hybridized carbons (Fsp3) is 0.357. The van der Waals surface area contributed by atoms with Gasteiger partial charge in [-0.3, -0.25) is 4.79 Å². The van der Waals surface area contributed by atoms with E-state index in [1.54, 1.807) is 24.4 Å². The molecule has 2 rings (SSSR count).